The van der Waals surface area contributed by atoms with Gasteiger partial charge in [-0.05, 0) is 24.0 Å². The molecule has 2 aromatic carbocycles. The van der Waals surface area contributed by atoms with E-state index in [1.807, 2.05) is 65.9 Å². The molecule has 0 fully saturated rings. The first kappa shape index (κ1) is 19.9. The molecule has 0 aliphatic carbocycles. The predicted octanol–water partition coefficient (Wildman–Crippen LogP) is 5.02. The Labute approximate surface area is 190 Å². The lowest BCUT2D eigenvalue weighted by Crippen LogP contribution is -2.15. The lowest BCUT2D eigenvalue weighted by molar-refractivity contribution is -0.113. The monoisotopic (exact) mass is 464 g/mol. The van der Waals surface area contributed by atoms with Gasteiger partial charge in [0, 0.05) is 10.9 Å². The van der Waals surface area contributed by atoms with Crippen molar-refractivity contribution in [3.8, 4) is 21.8 Å². The number of thiazole rings is 1. The van der Waals surface area contributed by atoms with Crippen molar-refractivity contribution in [2.75, 3.05) is 11.1 Å². The number of aryl methyl sites for hydroxylation is 1. The largest absolute Gasteiger partial charge is 0.293 e. The van der Waals surface area contributed by atoms with Crippen LogP contribution in [0.15, 0.2) is 65.1 Å². The lowest BCUT2D eigenvalue weighted by Gasteiger charge is -2.03. The molecule has 7 nitrogen and oxygen atoms in total. The third-order valence-electron chi connectivity index (χ3n) is 4.50. The van der Waals surface area contributed by atoms with E-state index in [1.165, 1.54) is 40.2 Å². The molecule has 0 atom stereocenters. The Balaban J connectivity index is 1.27. The number of anilines is 1. The number of fused-ring (bicyclic) bond motifs is 1. The van der Waals surface area contributed by atoms with E-state index in [-0.39, 0.29) is 11.7 Å². The molecule has 1 N–H and O–H groups in total. The summed E-state index contributed by atoms with van der Waals surface area (Å²) < 4.78 is 6.23. The van der Waals surface area contributed by atoms with Crippen molar-refractivity contribution in [1.82, 2.24) is 24.0 Å². The highest BCUT2D eigenvalue weighted by molar-refractivity contribution is 7.99. The van der Waals surface area contributed by atoms with Gasteiger partial charge in [0.05, 0.1) is 11.4 Å². The van der Waals surface area contributed by atoms with Gasteiger partial charge in [0.25, 0.3) is 0 Å². The van der Waals surface area contributed by atoms with Gasteiger partial charge in [-0.25, -0.2) is 0 Å². The summed E-state index contributed by atoms with van der Waals surface area (Å²) in [5.74, 6) is 0.314. The van der Waals surface area contributed by atoms with Gasteiger partial charge >= 0.3 is 0 Å². The second-order valence-corrected chi connectivity index (χ2v) is 9.24. The van der Waals surface area contributed by atoms with E-state index in [9.17, 15) is 4.79 Å². The van der Waals surface area contributed by atoms with Crippen LogP contribution >= 0.6 is 34.6 Å². The molecule has 0 bridgehead atoms. The van der Waals surface area contributed by atoms with Crippen LogP contribution < -0.4 is 5.32 Å². The van der Waals surface area contributed by atoms with Crippen LogP contribution in [0, 0.1) is 6.92 Å². The summed E-state index contributed by atoms with van der Waals surface area (Å²) in [7, 11) is 0. The number of carbonyl (C=O) groups is 1. The standard InChI is InChI=1S/C21H16N6OS3/c1-13-7-9-15(10-8-13)18-23-19(26-31-18)22-17(28)12-30-21-25-24-20-27(21)16(11-29-20)14-5-3-2-4-6-14/h2-11H,12H2,1H3,(H,22,26,28). The first-order valence-electron chi connectivity index (χ1n) is 9.39. The minimum atomic E-state index is -0.188. The van der Waals surface area contributed by atoms with Gasteiger partial charge in [-0.1, -0.05) is 71.9 Å². The zero-order valence-corrected chi connectivity index (χ0v) is 18.8. The Morgan fingerprint density at radius 1 is 1.06 bits per heavy atom. The van der Waals surface area contributed by atoms with E-state index in [0.717, 1.165) is 26.8 Å². The van der Waals surface area contributed by atoms with Gasteiger partial charge in [0.1, 0.15) is 5.01 Å². The Hall–Kier alpha value is -3.08. The van der Waals surface area contributed by atoms with Crippen LogP contribution in [0.25, 0.3) is 26.8 Å². The topological polar surface area (TPSA) is 85.1 Å². The number of rotatable bonds is 6. The molecule has 1 amide bonds. The number of nitrogens with zero attached hydrogens (tertiary/aromatic N) is 5. The summed E-state index contributed by atoms with van der Waals surface area (Å²) in [6.45, 7) is 2.04. The predicted molar refractivity (Wildman–Crippen MR) is 126 cm³/mol. The van der Waals surface area contributed by atoms with Crippen LogP contribution in [0.1, 0.15) is 5.56 Å². The van der Waals surface area contributed by atoms with Crippen molar-refractivity contribution in [2.45, 2.75) is 12.1 Å². The molecule has 31 heavy (non-hydrogen) atoms. The minimum absolute atomic E-state index is 0.184. The SMILES string of the molecule is Cc1ccc(-c2nc(NC(=O)CSc3nnc4scc(-c5ccccc5)n34)ns2)cc1. The molecular formula is C21H16N6OS3. The molecule has 0 aliphatic heterocycles. The van der Waals surface area contributed by atoms with Crippen molar-refractivity contribution in [3.05, 3.63) is 65.5 Å². The molecule has 3 heterocycles. The molecule has 0 saturated carbocycles. The molecule has 154 valence electrons. The van der Waals surface area contributed by atoms with Gasteiger partial charge < -0.3 is 0 Å². The fraction of sp³-hybridized carbons (Fsp3) is 0.0952. The van der Waals surface area contributed by atoms with E-state index >= 15 is 0 Å². The van der Waals surface area contributed by atoms with Crippen LogP contribution in [0.3, 0.4) is 0 Å². The summed E-state index contributed by atoms with van der Waals surface area (Å²) >= 11 is 4.12. The van der Waals surface area contributed by atoms with Crippen molar-refractivity contribution in [1.29, 1.82) is 0 Å². The van der Waals surface area contributed by atoms with E-state index in [4.69, 9.17) is 0 Å². The average Bonchev–Trinajstić information content (AvgIpc) is 3.51. The summed E-state index contributed by atoms with van der Waals surface area (Å²) in [6, 6.07) is 18.1. The maximum atomic E-state index is 12.5. The first-order chi connectivity index (χ1) is 15.2. The third kappa shape index (κ3) is 4.22. The van der Waals surface area contributed by atoms with Crippen LogP contribution in [-0.4, -0.2) is 35.6 Å². The molecule has 5 rings (SSSR count). The second kappa shape index (κ2) is 8.58. The third-order valence-corrected chi connectivity index (χ3v) is 7.01. The lowest BCUT2D eigenvalue weighted by atomic mass is 10.2. The highest BCUT2D eigenvalue weighted by Crippen LogP contribution is 2.30. The van der Waals surface area contributed by atoms with E-state index in [1.54, 1.807) is 0 Å². The zero-order chi connectivity index (χ0) is 21.2. The number of carbonyl (C=O) groups excluding carboxylic acids is 1. The Morgan fingerprint density at radius 2 is 1.87 bits per heavy atom. The highest BCUT2D eigenvalue weighted by Gasteiger charge is 2.16. The van der Waals surface area contributed by atoms with Crippen LogP contribution in [0.2, 0.25) is 0 Å². The van der Waals surface area contributed by atoms with Crippen molar-refractivity contribution in [3.63, 3.8) is 0 Å². The molecule has 5 aromatic rings. The molecule has 3 aromatic heterocycles. The average molecular weight is 465 g/mol. The van der Waals surface area contributed by atoms with Crippen molar-refractivity contribution in [2.24, 2.45) is 0 Å². The van der Waals surface area contributed by atoms with Gasteiger partial charge in [-0.15, -0.1) is 21.5 Å². The van der Waals surface area contributed by atoms with E-state index < -0.39 is 0 Å². The zero-order valence-electron chi connectivity index (χ0n) is 16.3. The number of nitrogens with one attached hydrogen (secondary N) is 1. The number of hydrogen-bond donors (Lipinski definition) is 1. The number of hydrogen-bond acceptors (Lipinski definition) is 8. The fourth-order valence-electron chi connectivity index (χ4n) is 2.98. The molecular weight excluding hydrogens is 448 g/mol. The van der Waals surface area contributed by atoms with Crippen molar-refractivity contribution < 1.29 is 4.79 Å². The number of amides is 1. The molecule has 0 unspecified atom stereocenters. The molecule has 10 heteroatoms. The van der Waals surface area contributed by atoms with Gasteiger partial charge in [0.2, 0.25) is 16.8 Å². The van der Waals surface area contributed by atoms with Crippen LogP contribution in [0.4, 0.5) is 5.95 Å². The summed E-state index contributed by atoms with van der Waals surface area (Å²) in [5.41, 5.74) is 4.25. The molecule has 0 saturated heterocycles. The fourth-order valence-corrected chi connectivity index (χ4v) is 5.25. The van der Waals surface area contributed by atoms with E-state index in [2.05, 4.69) is 30.3 Å². The quantitative estimate of drug-likeness (QED) is 0.355. The van der Waals surface area contributed by atoms with Crippen LogP contribution in [0.5, 0.6) is 0 Å². The van der Waals surface area contributed by atoms with Gasteiger partial charge in [0.15, 0.2) is 5.16 Å². The van der Waals surface area contributed by atoms with Crippen molar-refractivity contribution >= 4 is 51.4 Å². The molecule has 0 radical (unpaired) electrons. The van der Waals surface area contributed by atoms with Gasteiger partial charge in [-0.2, -0.15) is 9.36 Å². The second-order valence-electron chi connectivity index (χ2n) is 6.71. The Morgan fingerprint density at radius 3 is 2.68 bits per heavy atom. The first-order valence-corrected chi connectivity index (χ1v) is 12.0. The maximum Gasteiger partial charge on any atom is 0.241 e. The smallest absolute Gasteiger partial charge is 0.241 e. The molecule has 0 aliphatic rings. The summed E-state index contributed by atoms with van der Waals surface area (Å²) in [4.78, 5) is 17.7. The number of aromatic nitrogens is 5. The Kier molecular flexibility index (Phi) is 5.49. The summed E-state index contributed by atoms with van der Waals surface area (Å²) in [5, 5.41) is 14.7. The maximum absolute atomic E-state index is 12.5. The number of thioether (sulfide) groups is 1. The number of benzene rings is 2. The normalized spacial score (nSPS) is 11.1. The van der Waals surface area contributed by atoms with E-state index in [0.29, 0.717) is 11.1 Å². The van der Waals surface area contributed by atoms with Crippen LogP contribution in [-0.2, 0) is 4.79 Å². The Bertz CT molecular complexity index is 1340. The summed E-state index contributed by atoms with van der Waals surface area (Å²) in [6.07, 6.45) is 0. The molecule has 0 spiro atoms. The highest BCUT2D eigenvalue weighted by atomic mass is 32.2. The minimum Gasteiger partial charge on any atom is -0.293 e. The van der Waals surface area contributed by atoms with Gasteiger partial charge in [-0.3, -0.25) is 14.5 Å².